The van der Waals surface area contributed by atoms with Gasteiger partial charge in [-0.15, -0.1) is 11.3 Å². The highest BCUT2D eigenvalue weighted by Crippen LogP contribution is 2.34. The van der Waals surface area contributed by atoms with E-state index in [0.29, 0.717) is 0 Å². The molecule has 1 atom stereocenters. The summed E-state index contributed by atoms with van der Waals surface area (Å²) in [6.07, 6.45) is 5.36. The lowest BCUT2D eigenvalue weighted by atomic mass is 10.1. The van der Waals surface area contributed by atoms with Crippen molar-refractivity contribution in [3.63, 3.8) is 0 Å². The molecule has 1 aliphatic carbocycles. The molecule has 1 heterocycles. The second-order valence-electron chi connectivity index (χ2n) is 4.18. The molecule has 1 N–H and O–H groups in total. The summed E-state index contributed by atoms with van der Waals surface area (Å²) in [4.78, 5) is 1.53. The maximum absolute atomic E-state index is 3.68. The van der Waals surface area contributed by atoms with Crippen molar-refractivity contribution in [3.05, 3.63) is 22.4 Å². The molecule has 2 heteroatoms. The van der Waals surface area contributed by atoms with Crippen LogP contribution in [-0.4, -0.2) is 12.6 Å². The van der Waals surface area contributed by atoms with Gasteiger partial charge >= 0.3 is 0 Å². The Morgan fingerprint density at radius 1 is 1.57 bits per heavy atom. The van der Waals surface area contributed by atoms with Gasteiger partial charge in [0, 0.05) is 10.9 Å². The molecule has 14 heavy (non-hydrogen) atoms. The Kier molecular flexibility index (Phi) is 3.60. The second-order valence-corrected chi connectivity index (χ2v) is 5.21. The molecular weight excluding hydrogens is 190 g/mol. The highest BCUT2D eigenvalue weighted by Gasteiger charge is 2.30. The summed E-state index contributed by atoms with van der Waals surface area (Å²) in [6, 6.07) is 5.16. The monoisotopic (exact) mass is 209 g/mol. The van der Waals surface area contributed by atoms with Crippen molar-refractivity contribution in [1.82, 2.24) is 5.32 Å². The molecule has 78 valence electrons. The van der Waals surface area contributed by atoms with Gasteiger partial charge in [-0.25, -0.2) is 0 Å². The second kappa shape index (κ2) is 4.94. The SMILES string of the molecule is CCCNC(Cc1cccs1)C1CC1. The number of hydrogen-bond donors (Lipinski definition) is 1. The molecule has 1 aliphatic rings. The molecule has 0 bridgehead atoms. The highest BCUT2D eigenvalue weighted by molar-refractivity contribution is 7.09. The van der Waals surface area contributed by atoms with Crippen LogP contribution < -0.4 is 5.32 Å². The third-order valence-electron chi connectivity index (χ3n) is 2.85. The van der Waals surface area contributed by atoms with Gasteiger partial charge in [-0.05, 0) is 49.6 Å². The number of thiophene rings is 1. The van der Waals surface area contributed by atoms with Crippen LogP contribution in [0.2, 0.25) is 0 Å². The van der Waals surface area contributed by atoms with Gasteiger partial charge in [0.05, 0.1) is 0 Å². The van der Waals surface area contributed by atoms with Gasteiger partial charge in [0.1, 0.15) is 0 Å². The first-order valence-corrected chi connectivity index (χ1v) is 6.54. The van der Waals surface area contributed by atoms with Crippen LogP contribution in [0.4, 0.5) is 0 Å². The van der Waals surface area contributed by atoms with Crippen LogP contribution in [0.5, 0.6) is 0 Å². The minimum absolute atomic E-state index is 0.744. The zero-order valence-electron chi connectivity index (χ0n) is 8.83. The van der Waals surface area contributed by atoms with E-state index >= 15 is 0 Å². The van der Waals surface area contributed by atoms with E-state index < -0.39 is 0 Å². The smallest absolute Gasteiger partial charge is 0.0144 e. The molecule has 1 nitrogen and oxygen atoms in total. The largest absolute Gasteiger partial charge is 0.313 e. The molecular formula is C12H19NS. The summed E-state index contributed by atoms with van der Waals surface area (Å²) >= 11 is 1.89. The third kappa shape index (κ3) is 2.82. The predicted octanol–water partition coefficient (Wildman–Crippen LogP) is 3.07. The lowest BCUT2D eigenvalue weighted by molar-refractivity contribution is 0.462. The van der Waals surface area contributed by atoms with Gasteiger partial charge in [0.15, 0.2) is 0 Å². The Labute approximate surface area is 90.5 Å². The molecule has 1 aromatic heterocycles. The van der Waals surface area contributed by atoms with E-state index in [9.17, 15) is 0 Å². The van der Waals surface area contributed by atoms with Crippen LogP contribution >= 0.6 is 11.3 Å². The van der Waals surface area contributed by atoms with E-state index in [1.54, 1.807) is 0 Å². The van der Waals surface area contributed by atoms with Crippen LogP contribution in [0.25, 0.3) is 0 Å². The summed E-state index contributed by atoms with van der Waals surface area (Å²) in [7, 11) is 0. The minimum atomic E-state index is 0.744. The van der Waals surface area contributed by atoms with Gasteiger partial charge < -0.3 is 5.32 Å². The van der Waals surface area contributed by atoms with Gasteiger partial charge in [0.2, 0.25) is 0 Å². The number of rotatable bonds is 6. The molecule has 0 radical (unpaired) electrons. The summed E-state index contributed by atoms with van der Waals surface area (Å²) in [6.45, 7) is 3.41. The van der Waals surface area contributed by atoms with Crippen molar-refractivity contribution in [2.24, 2.45) is 5.92 Å². The molecule has 0 aliphatic heterocycles. The van der Waals surface area contributed by atoms with Crippen molar-refractivity contribution in [2.75, 3.05) is 6.54 Å². The summed E-state index contributed by atoms with van der Waals surface area (Å²) in [5, 5.41) is 5.86. The predicted molar refractivity (Wildman–Crippen MR) is 62.8 cm³/mol. The van der Waals surface area contributed by atoms with E-state index in [1.807, 2.05) is 11.3 Å². The molecule has 0 aromatic carbocycles. The Morgan fingerprint density at radius 2 is 2.43 bits per heavy atom. The van der Waals surface area contributed by atoms with Gasteiger partial charge in [-0.3, -0.25) is 0 Å². The Balaban J connectivity index is 1.84. The van der Waals surface area contributed by atoms with Gasteiger partial charge in [0.25, 0.3) is 0 Å². The van der Waals surface area contributed by atoms with E-state index in [0.717, 1.165) is 12.0 Å². The topological polar surface area (TPSA) is 12.0 Å². The van der Waals surface area contributed by atoms with Crippen LogP contribution in [0.15, 0.2) is 17.5 Å². The molecule has 1 saturated carbocycles. The highest BCUT2D eigenvalue weighted by atomic mass is 32.1. The zero-order valence-corrected chi connectivity index (χ0v) is 9.65. The molecule has 0 saturated heterocycles. The van der Waals surface area contributed by atoms with Gasteiger partial charge in [-0.2, -0.15) is 0 Å². The van der Waals surface area contributed by atoms with Crippen molar-refractivity contribution >= 4 is 11.3 Å². The van der Waals surface area contributed by atoms with Crippen LogP contribution in [0.1, 0.15) is 31.1 Å². The van der Waals surface area contributed by atoms with E-state index in [2.05, 4.69) is 29.8 Å². The van der Waals surface area contributed by atoms with E-state index in [-0.39, 0.29) is 0 Å². The molecule has 0 amide bonds. The average Bonchev–Trinajstić information content (AvgIpc) is 2.92. The van der Waals surface area contributed by atoms with Crippen LogP contribution in [0.3, 0.4) is 0 Å². The zero-order chi connectivity index (χ0) is 9.80. The molecule has 2 rings (SSSR count). The molecule has 1 unspecified atom stereocenters. The fourth-order valence-electron chi connectivity index (χ4n) is 1.88. The van der Waals surface area contributed by atoms with Crippen molar-refractivity contribution < 1.29 is 0 Å². The van der Waals surface area contributed by atoms with Crippen molar-refractivity contribution in [2.45, 2.75) is 38.6 Å². The lowest BCUT2D eigenvalue weighted by Crippen LogP contribution is -2.33. The molecule has 0 spiro atoms. The Hall–Kier alpha value is -0.340. The van der Waals surface area contributed by atoms with E-state index in [1.165, 1.54) is 37.1 Å². The number of nitrogens with one attached hydrogen (secondary N) is 1. The molecule has 1 aromatic rings. The first-order valence-electron chi connectivity index (χ1n) is 5.66. The first kappa shape index (κ1) is 10.2. The minimum Gasteiger partial charge on any atom is -0.313 e. The Bertz CT molecular complexity index is 251. The normalized spacial score (nSPS) is 18.4. The standard InChI is InChI=1S/C12H19NS/c1-2-7-13-12(10-5-6-10)9-11-4-3-8-14-11/h3-4,8,10,12-13H,2,5-7,9H2,1H3. The fraction of sp³-hybridized carbons (Fsp3) is 0.667. The van der Waals surface area contributed by atoms with Crippen molar-refractivity contribution in [1.29, 1.82) is 0 Å². The van der Waals surface area contributed by atoms with Crippen LogP contribution in [0, 0.1) is 5.92 Å². The number of hydrogen-bond acceptors (Lipinski definition) is 2. The summed E-state index contributed by atoms with van der Waals surface area (Å²) < 4.78 is 0. The maximum Gasteiger partial charge on any atom is 0.0144 e. The lowest BCUT2D eigenvalue weighted by Gasteiger charge is -2.16. The summed E-state index contributed by atoms with van der Waals surface area (Å²) in [5.41, 5.74) is 0. The van der Waals surface area contributed by atoms with Crippen LogP contribution in [-0.2, 0) is 6.42 Å². The Morgan fingerprint density at radius 3 is 3.00 bits per heavy atom. The maximum atomic E-state index is 3.68. The summed E-state index contributed by atoms with van der Waals surface area (Å²) in [5.74, 6) is 0.962. The average molecular weight is 209 g/mol. The molecule has 1 fully saturated rings. The van der Waals surface area contributed by atoms with Crippen molar-refractivity contribution in [3.8, 4) is 0 Å². The first-order chi connectivity index (χ1) is 6.90. The van der Waals surface area contributed by atoms with Gasteiger partial charge in [-0.1, -0.05) is 13.0 Å². The third-order valence-corrected chi connectivity index (χ3v) is 3.75. The van der Waals surface area contributed by atoms with E-state index in [4.69, 9.17) is 0 Å². The fourth-order valence-corrected chi connectivity index (χ4v) is 2.64. The quantitative estimate of drug-likeness (QED) is 0.759.